The van der Waals surface area contributed by atoms with Crippen molar-refractivity contribution in [1.82, 2.24) is 0 Å². The molecule has 1 heterocycles. The van der Waals surface area contributed by atoms with Crippen molar-refractivity contribution in [3.63, 3.8) is 0 Å². The molecule has 0 N–H and O–H groups in total. The van der Waals surface area contributed by atoms with Crippen LogP contribution in [0.2, 0.25) is 5.02 Å². The Morgan fingerprint density at radius 1 is 1.15 bits per heavy atom. The van der Waals surface area contributed by atoms with Gasteiger partial charge in [-0.15, -0.1) is 4.40 Å². The third-order valence-electron chi connectivity index (χ3n) is 4.01. The average molecular weight is 313 g/mol. The van der Waals surface area contributed by atoms with Gasteiger partial charge in [-0.3, -0.25) is 0 Å². The van der Waals surface area contributed by atoms with Crippen LogP contribution < -0.4 is 4.90 Å². The predicted octanol–water partition coefficient (Wildman–Crippen LogP) is 3.60. The molecule has 1 aliphatic heterocycles. The third kappa shape index (κ3) is 2.56. The van der Waals surface area contributed by atoms with Crippen LogP contribution in [0.25, 0.3) is 0 Å². The Labute approximate surface area is 124 Å². The van der Waals surface area contributed by atoms with Gasteiger partial charge < -0.3 is 4.90 Å². The fourth-order valence-electron chi connectivity index (χ4n) is 2.97. The van der Waals surface area contributed by atoms with Gasteiger partial charge in [0, 0.05) is 11.1 Å². The number of hydrogen-bond donors (Lipinski definition) is 0. The zero-order chi connectivity index (χ0) is 14.2. The first-order chi connectivity index (χ1) is 9.58. The predicted molar refractivity (Wildman–Crippen MR) is 81.1 cm³/mol. The molecule has 1 saturated carbocycles. The molecule has 6 heteroatoms. The fourth-order valence-corrected chi connectivity index (χ4v) is 4.26. The molecule has 108 valence electrons. The normalized spacial score (nSPS) is 22.4. The summed E-state index contributed by atoms with van der Waals surface area (Å²) in [5, 5.41) is 0.422. The number of anilines is 1. The van der Waals surface area contributed by atoms with E-state index in [-0.39, 0.29) is 4.90 Å². The first-order valence-electron chi connectivity index (χ1n) is 6.96. The molecule has 0 aromatic heterocycles. The lowest BCUT2D eigenvalue weighted by Gasteiger charge is -2.32. The molecule has 20 heavy (non-hydrogen) atoms. The molecular weight excluding hydrogens is 296 g/mol. The van der Waals surface area contributed by atoms with Crippen molar-refractivity contribution in [2.75, 3.05) is 4.90 Å². The van der Waals surface area contributed by atoms with Gasteiger partial charge in [0.2, 0.25) is 0 Å². The second kappa shape index (κ2) is 5.37. The third-order valence-corrected chi connectivity index (χ3v) is 5.50. The van der Waals surface area contributed by atoms with Gasteiger partial charge in [-0.1, -0.05) is 37.3 Å². The van der Waals surface area contributed by atoms with E-state index in [2.05, 4.69) is 4.40 Å². The topological polar surface area (TPSA) is 49.7 Å². The molecule has 1 fully saturated rings. The molecule has 1 aromatic rings. The Kier molecular flexibility index (Phi) is 3.73. The number of rotatable bonds is 1. The van der Waals surface area contributed by atoms with Gasteiger partial charge in [0.1, 0.15) is 11.2 Å². The number of hydrogen-bond acceptors (Lipinski definition) is 3. The van der Waals surface area contributed by atoms with E-state index in [0.717, 1.165) is 12.8 Å². The highest BCUT2D eigenvalue weighted by Gasteiger charge is 2.29. The maximum Gasteiger partial charge on any atom is 0.285 e. The SMILES string of the molecule is O=S1(=O)N=CN(C2CCCCCC2)c2ccc(Cl)cc21. The monoisotopic (exact) mass is 312 g/mol. The van der Waals surface area contributed by atoms with E-state index in [4.69, 9.17) is 11.6 Å². The molecule has 1 aromatic carbocycles. The van der Waals surface area contributed by atoms with Gasteiger partial charge >= 0.3 is 0 Å². The lowest BCUT2D eigenvalue weighted by Crippen LogP contribution is -2.37. The zero-order valence-electron chi connectivity index (χ0n) is 11.1. The van der Waals surface area contributed by atoms with Crippen molar-refractivity contribution in [2.24, 2.45) is 4.40 Å². The molecule has 0 radical (unpaired) electrons. The number of sulfonamides is 1. The van der Waals surface area contributed by atoms with E-state index in [1.165, 1.54) is 38.1 Å². The van der Waals surface area contributed by atoms with Crippen molar-refractivity contribution in [2.45, 2.75) is 49.5 Å². The van der Waals surface area contributed by atoms with Gasteiger partial charge in [-0.2, -0.15) is 8.42 Å². The maximum absolute atomic E-state index is 12.0. The highest BCUT2D eigenvalue weighted by molar-refractivity contribution is 7.90. The first-order valence-corrected chi connectivity index (χ1v) is 8.78. The second-order valence-corrected chi connectivity index (χ2v) is 7.40. The molecule has 0 atom stereocenters. The number of fused-ring (bicyclic) bond motifs is 1. The smallest absolute Gasteiger partial charge is 0.285 e. The first kappa shape index (κ1) is 13.9. The van der Waals surface area contributed by atoms with E-state index in [1.54, 1.807) is 12.1 Å². The lowest BCUT2D eigenvalue weighted by molar-refractivity contribution is 0.570. The van der Waals surface area contributed by atoms with Crippen LogP contribution in [-0.2, 0) is 10.0 Å². The molecule has 0 unspecified atom stereocenters. The molecule has 2 aliphatic rings. The van der Waals surface area contributed by atoms with Crippen LogP contribution >= 0.6 is 11.6 Å². The molecule has 0 bridgehead atoms. The summed E-state index contributed by atoms with van der Waals surface area (Å²) in [6.45, 7) is 0. The number of nitrogens with zero attached hydrogens (tertiary/aromatic N) is 2. The van der Waals surface area contributed by atoms with Gasteiger partial charge in [-0.05, 0) is 31.0 Å². The van der Waals surface area contributed by atoms with Crippen molar-refractivity contribution in [3.8, 4) is 0 Å². The van der Waals surface area contributed by atoms with E-state index < -0.39 is 10.0 Å². The van der Waals surface area contributed by atoms with Crippen LogP contribution in [0.1, 0.15) is 38.5 Å². The van der Waals surface area contributed by atoms with Crippen molar-refractivity contribution < 1.29 is 8.42 Å². The van der Waals surface area contributed by atoms with E-state index >= 15 is 0 Å². The summed E-state index contributed by atoms with van der Waals surface area (Å²) in [5.41, 5.74) is 0.705. The van der Waals surface area contributed by atoms with Crippen molar-refractivity contribution in [3.05, 3.63) is 23.2 Å². The summed E-state index contributed by atoms with van der Waals surface area (Å²) < 4.78 is 27.8. The van der Waals surface area contributed by atoms with Crippen LogP contribution in [0.3, 0.4) is 0 Å². The van der Waals surface area contributed by atoms with E-state index in [1.807, 2.05) is 4.90 Å². The number of halogens is 1. The minimum absolute atomic E-state index is 0.219. The van der Waals surface area contributed by atoms with E-state index in [0.29, 0.717) is 16.8 Å². The standard InChI is InChI=1S/C14H17ClN2O2S/c15-11-7-8-13-14(9-11)20(18,19)16-10-17(13)12-5-3-1-2-4-6-12/h7-10,12H,1-6H2. The summed E-state index contributed by atoms with van der Waals surface area (Å²) >= 11 is 5.93. The Morgan fingerprint density at radius 3 is 2.55 bits per heavy atom. The van der Waals surface area contributed by atoms with Gasteiger partial charge in [-0.25, -0.2) is 0 Å². The largest absolute Gasteiger partial charge is 0.327 e. The summed E-state index contributed by atoms with van der Waals surface area (Å²) in [7, 11) is -3.60. The van der Waals surface area contributed by atoms with Gasteiger partial charge in [0.25, 0.3) is 10.0 Å². The number of benzene rings is 1. The minimum Gasteiger partial charge on any atom is -0.327 e. The highest BCUT2D eigenvalue weighted by atomic mass is 35.5. The molecule has 0 spiro atoms. The summed E-state index contributed by atoms with van der Waals surface area (Å²) in [6, 6.07) is 5.34. The van der Waals surface area contributed by atoms with Crippen LogP contribution in [0.4, 0.5) is 5.69 Å². The zero-order valence-corrected chi connectivity index (χ0v) is 12.7. The minimum atomic E-state index is -3.60. The fraction of sp³-hybridized carbons (Fsp3) is 0.500. The van der Waals surface area contributed by atoms with Crippen LogP contribution in [0.5, 0.6) is 0 Å². The van der Waals surface area contributed by atoms with Crippen LogP contribution in [0, 0.1) is 0 Å². The molecule has 4 nitrogen and oxygen atoms in total. The average Bonchev–Trinajstić information content (AvgIpc) is 2.68. The second-order valence-electron chi connectivity index (χ2n) is 5.36. The maximum atomic E-state index is 12.0. The Balaban J connectivity index is 2.02. The Bertz CT molecular complexity index is 635. The van der Waals surface area contributed by atoms with Crippen LogP contribution in [0.15, 0.2) is 27.5 Å². The Hall–Kier alpha value is -1.07. The molecule has 0 amide bonds. The van der Waals surface area contributed by atoms with Gasteiger partial charge in [0.15, 0.2) is 0 Å². The Morgan fingerprint density at radius 2 is 1.85 bits per heavy atom. The highest BCUT2D eigenvalue weighted by Crippen LogP contribution is 2.35. The summed E-state index contributed by atoms with van der Waals surface area (Å²) in [4.78, 5) is 2.23. The summed E-state index contributed by atoms with van der Waals surface area (Å²) in [6.07, 6.45) is 8.51. The molecule has 1 aliphatic carbocycles. The van der Waals surface area contributed by atoms with E-state index in [9.17, 15) is 8.42 Å². The lowest BCUT2D eigenvalue weighted by atomic mass is 10.1. The molecule has 0 saturated heterocycles. The van der Waals surface area contributed by atoms with Gasteiger partial charge in [0.05, 0.1) is 5.69 Å². The van der Waals surface area contributed by atoms with Crippen LogP contribution in [-0.4, -0.2) is 20.8 Å². The molecule has 3 rings (SSSR count). The summed E-state index contributed by atoms with van der Waals surface area (Å²) in [5.74, 6) is 0. The quantitative estimate of drug-likeness (QED) is 0.744. The molecular formula is C14H17ClN2O2S. The van der Waals surface area contributed by atoms with Crippen molar-refractivity contribution >= 4 is 33.7 Å². The van der Waals surface area contributed by atoms with Crippen molar-refractivity contribution in [1.29, 1.82) is 0 Å².